The third-order valence-electron chi connectivity index (χ3n) is 2.28. The molecule has 0 radical (unpaired) electrons. The van der Waals surface area contributed by atoms with Gasteiger partial charge in [0, 0.05) is 46.0 Å². The van der Waals surface area contributed by atoms with Crippen LogP contribution in [0.3, 0.4) is 0 Å². The standard InChI is InChI=1S/C11H19N3O/c1-12-8-10-4-6-14(9-10)7-5-11(15)13(2)3/h4,6,9,12H,5,7-8H2,1-3H3. The van der Waals surface area contributed by atoms with Gasteiger partial charge in [0.05, 0.1) is 0 Å². The van der Waals surface area contributed by atoms with Gasteiger partial charge < -0.3 is 14.8 Å². The van der Waals surface area contributed by atoms with Crippen LogP contribution in [-0.2, 0) is 17.9 Å². The second-order valence-electron chi connectivity index (χ2n) is 3.83. The van der Waals surface area contributed by atoms with Crippen LogP contribution in [0.5, 0.6) is 0 Å². The van der Waals surface area contributed by atoms with E-state index in [4.69, 9.17) is 0 Å². The Kier molecular flexibility index (Phi) is 4.37. The zero-order valence-corrected chi connectivity index (χ0v) is 9.66. The molecule has 4 heteroatoms. The van der Waals surface area contributed by atoms with Crippen molar-refractivity contribution >= 4 is 5.91 Å². The van der Waals surface area contributed by atoms with Crippen molar-refractivity contribution in [3.05, 3.63) is 24.0 Å². The molecule has 0 aliphatic heterocycles. The molecule has 1 heterocycles. The summed E-state index contributed by atoms with van der Waals surface area (Å²) < 4.78 is 2.05. The van der Waals surface area contributed by atoms with Crippen molar-refractivity contribution in [1.29, 1.82) is 0 Å². The van der Waals surface area contributed by atoms with E-state index in [1.165, 1.54) is 5.56 Å². The van der Waals surface area contributed by atoms with Crippen LogP contribution in [0.2, 0.25) is 0 Å². The fraction of sp³-hybridized carbons (Fsp3) is 0.545. The maximum Gasteiger partial charge on any atom is 0.223 e. The van der Waals surface area contributed by atoms with Gasteiger partial charge in [0.15, 0.2) is 0 Å². The van der Waals surface area contributed by atoms with Crippen LogP contribution >= 0.6 is 0 Å². The maximum atomic E-state index is 11.3. The molecule has 1 rings (SSSR count). The molecule has 0 spiro atoms. The molecule has 0 aliphatic rings. The molecular weight excluding hydrogens is 190 g/mol. The van der Waals surface area contributed by atoms with Crippen molar-refractivity contribution < 1.29 is 4.79 Å². The summed E-state index contributed by atoms with van der Waals surface area (Å²) in [6.45, 7) is 1.62. The van der Waals surface area contributed by atoms with Crippen molar-refractivity contribution in [2.24, 2.45) is 0 Å². The topological polar surface area (TPSA) is 37.3 Å². The Hall–Kier alpha value is -1.29. The van der Waals surface area contributed by atoms with Gasteiger partial charge in [-0.05, 0) is 18.7 Å². The molecule has 84 valence electrons. The van der Waals surface area contributed by atoms with Crippen molar-refractivity contribution in [3.8, 4) is 0 Å². The van der Waals surface area contributed by atoms with Crippen molar-refractivity contribution in [3.63, 3.8) is 0 Å². The number of hydrogen-bond donors (Lipinski definition) is 1. The fourth-order valence-electron chi connectivity index (χ4n) is 1.39. The molecule has 0 unspecified atom stereocenters. The predicted octanol–water partition coefficient (Wildman–Crippen LogP) is 0.686. The minimum Gasteiger partial charge on any atom is -0.353 e. The molecule has 1 amide bonds. The summed E-state index contributed by atoms with van der Waals surface area (Å²) in [6, 6.07) is 2.07. The molecule has 0 atom stereocenters. The normalized spacial score (nSPS) is 10.3. The lowest BCUT2D eigenvalue weighted by atomic mass is 10.3. The van der Waals surface area contributed by atoms with Gasteiger partial charge in [0.1, 0.15) is 0 Å². The van der Waals surface area contributed by atoms with Crippen LogP contribution in [0.25, 0.3) is 0 Å². The van der Waals surface area contributed by atoms with E-state index in [1.807, 2.05) is 17.8 Å². The number of carbonyl (C=O) groups excluding carboxylic acids is 1. The van der Waals surface area contributed by atoms with Gasteiger partial charge in [-0.15, -0.1) is 0 Å². The number of hydrogen-bond acceptors (Lipinski definition) is 2. The largest absolute Gasteiger partial charge is 0.353 e. The van der Waals surface area contributed by atoms with E-state index in [9.17, 15) is 4.79 Å². The van der Waals surface area contributed by atoms with Crippen LogP contribution in [-0.4, -0.2) is 36.5 Å². The zero-order chi connectivity index (χ0) is 11.3. The molecule has 1 aromatic heterocycles. The molecule has 4 nitrogen and oxygen atoms in total. The minimum absolute atomic E-state index is 0.166. The predicted molar refractivity (Wildman–Crippen MR) is 60.5 cm³/mol. The quantitative estimate of drug-likeness (QED) is 0.774. The molecule has 0 fully saturated rings. The second-order valence-corrected chi connectivity index (χ2v) is 3.83. The van der Waals surface area contributed by atoms with Crippen LogP contribution in [0.15, 0.2) is 18.5 Å². The number of aryl methyl sites for hydroxylation is 1. The Balaban J connectivity index is 2.40. The lowest BCUT2D eigenvalue weighted by molar-refractivity contribution is -0.128. The number of aromatic nitrogens is 1. The van der Waals surface area contributed by atoms with E-state index in [0.29, 0.717) is 6.42 Å². The molecular formula is C11H19N3O. The average molecular weight is 209 g/mol. The third kappa shape index (κ3) is 3.75. The first-order valence-corrected chi connectivity index (χ1v) is 5.13. The Labute approximate surface area is 90.9 Å². The van der Waals surface area contributed by atoms with Crippen LogP contribution in [0.1, 0.15) is 12.0 Å². The molecule has 15 heavy (non-hydrogen) atoms. The third-order valence-corrected chi connectivity index (χ3v) is 2.28. The van der Waals surface area contributed by atoms with Crippen molar-refractivity contribution in [2.45, 2.75) is 19.5 Å². The lowest BCUT2D eigenvalue weighted by Gasteiger charge is -2.10. The van der Waals surface area contributed by atoms with Gasteiger partial charge in [0.2, 0.25) is 5.91 Å². The summed E-state index contributed by atoms with van der Waals surface area (Å²) >= 11 is 0. The summed E-state index contributed by atoms with van der Waals surface area (Å²) in [5.41, 5.74) is 1.25. The fourth-order valence-corrected chi connectivity index (χ4v) is 1.39. The minimum atomic E-state index is 0.166. The Bertz CT molecular complexity index is 317. The monoisotopic (exact) mass is 209 g/mol. The van der Waals surface area contributed by atoms with Crippen LogP contribution in [0.4, 0.5) is 0 Å². The van der Waals surface area contributed by atoms with Crippen LogP contribution in [0, 0.1) is 0 Å². The molecule has 1 N–H and O–H groups in total. The van der Waals surface area contributed by atoms with E-state index < -0.39 is 0 Å². The van der Waals surface area contributed by atoms with Gasteiger partial charge in [-0.1, -0.05) is 0 Å². The Morgan fingerprint density at radius 3 is 2.87 bits per heavy atom. The number of nitrogens with one attached hydrogen (secondary N) is 1. The van der Waals surface area contributed by atoms with Gasteiger partial charge in [-0.25, -0.2) is 0 Å². The van der Waals surface area contributed by atoms with Gasteiger partial charge >= 0.3 is 0 Å². The average Bonchev–Trinajstić information content (AvgIpc) is 2.62. The second kappa shape index (κ2) is 5.56. The van der Waals surface area contributed by atoms with E-state index >= 15 is 0 Å². The summed E-state index contributed by atoms with van der Waals surface area (Å²) in [7, 11) is 5.49. The zero-order valence-electron chi connectivity index (χ0n) is 9.66. The molecule has 0 aliphatic carbocycles. The maximum absolute atomic E-state index is 11.3. The highest BCUT2D eigenvalue weighted by Crippen LogP contribution is 2.02. The van der Waals surface area contributed by atoms with E-state index in [1.54, 1.807) is 19.0 Å². The Morgan fingerprint density at radius 1 is 1.53 bits per heavy atom. The molecule has 0 saturated carbocycles. The van der Waals surface area contributed by atoms with Crippen molar-refractivity contribution in [2.75, 3.05) is 21.1 Å². The summed E-state index contributed by atoms with van der Waals surface area (Å²) in [6.07, 6.45) is 4.63. The van der Waals surface area contributed by atoms with Crippen molar-refractivity contribution in [1.82, 2.24) is 14.8 Å². The van der Waals surface area contributed by atoms with Gasteiger partial charge in [0.25, 0.3) is 0 Å². The molecule has 0 bridgehead atoms. The number of amides is 1. The van der Waals surface area contributed by atoms with Crippen LogP contribution < -0.4 is 5.32 Å². The summed E-state index contributed by atoms with van der Waals surface area (Å²) in [4.78, 5) is 13.0. The first-order valence-electron chi connectivity index (χ1n) is 5.13. The highest BCUT2D eigenvalue weighted by Gasteiger charge is 2.03. The number of nitrogens with zero attached hydrogens (tertiary/aromatic N) is 2. The van der Waals surface area contributed by atoms with Gasteiger partial charge in [-0.3, -0.25) is 4.79 Å². The van der Waals surface area contributed by atoms with Gasteiger partial charge in [-0.2, -0.15) is 0 Å². The van der Waals surface area contributed by atoms with E-state index in [-0.39, 0.29) is 5.91 Å². The smallest absolute Gasteiger partial charge is 0.223 e. The number of rotatable bonds is 5. The SMILES string of the molecule is CNCc1ccn(CCC(=O)N(C)C)c1. The first kappa shape index (κ1) is 11.8. The highest BCUT2D eigenvalue weighted by molar-refractivity contribution is 5.75. The Morgan fingerprint density at radius 2 is 2.27 bits per heavy atom. The molecule has 0 saturated heterocycles. The van der Waals surface area contributed by atoms with E-state index in [2.05, 4.69) is 17.6 Å². The number of carbonyl (C=O) groups is 1. The first-order chi connectivity index (χ1) is 7.13. The highest BCUT2D eigenvalue weighted by atomic mass is 16.2. The summed E-state index contributed by atoms with van der Waals surface area (Å²) in [5.74, 6) is 0.166. The van der Waals surface area contributed by atoms with E-state index in [0.717, 1.165) is 13.1 Å². The molecule has 1 aromatic rings. The molecule has 0 aromatic carbocycles. The lowest BCUT2D eigenvalue weighted by Crippen LogP contribution is -2.22. The summed E-state index contributed by atoms with van der Waals surface area (Å²) in [5, 5.41) is 3.09.